The summed E-state index contributed by atoms with van der Waals surface area (Å²) in [6, 6.07) is 0. The van der Waals surface area contributed by atoms with E-state index in [1.54, 1.807) is 0 Å². The lowest BCUT2D eigenvalue weighted by Gasteiger charge is -1.94. The van der Waals surface area contributed by atoms with Crippen LogP contribution in [0.2, 0.25) is 0 Å². The average Bonchev–Trinajstić information content (AvgIpc) is 2.53. The van der Waals surface area contributed by atoms with Crippen molar-refractivity contribution in [3.63, 3.8) is 0 Å². The van der Waals surface area contributed by atoms with Crippen LogP contribution >= 0.6 is 24.4 Å². The van der Waals surface area contributed by atoms with Gasteiger partial charge in [0.1, 0.15) is 0 Å². The Bertz CT molecular complexity index is 359. The van der Waals surface area contributed by atoms with Crippen LogP contribution in [0.15, 0.2) is 0 Å². The smallest absolute Gasteiger partial charge is 0.196 e. The van der Waals surface area contributed by atoms with Crippen LogP contribution < -0.4 is 0 Å². The summed E-state index contributed by atoms with van der Waals surface area (Å²) >= 11 is 10.4. The van der Waals surface area contributed by atoms with Crippen molar-refractivity contribution in [1.82, 2.24) is 13.9 Å². The van der Waals surface area contributed by atoms with Gasteiger partial charge in [-0.05, 0) is 30.9 Å². The number of rotatable bonds is 0. The second-order valence-corrected chi connectivity index (χ2v) is 3.45. The summed E-state index contributed by atoms with van der Waals surface area (Å²) in [5, 5.41) is 0. The molecule has 1 aliphatic rings. The lowest BCUT2D eigenvalue weighted by atomic mass is 10.5. The Morgan fingerprint density at radius 2 is 1.55 bits per heavy atom. The predicted molar refractivity (Wildman–Crippen MR) is 47.7 cm³/mol. The quantitative estimate of drug-likeness (QED) is 0.572. The standard InChI is InChI=1S/C6H9N3S2/c1-7-5(10)8-3-2-4-9(8)6(7)11/h2-4H2,1H3. The lowest BCUT2D eigenvalue weighted by molar-refractivity contribution is 0.598. The molecule has 0 spiro atoms. The van der Waals surface area contributed by atoms with Crippen LogP contribution in [0.25, 0.3) is 0 Å². The van der Waals surface area contributed by atoms with Gasteiger partial charge in [0.15, 0.2) is 9.54 Å². The molecule has 5 heteroatoms. The fourth-order valence-corrected chi connectivity index (χ4v) is 2.05. The third-order valence-corrected chi connectivity index (χ3v) is 3.02. The minimum Gasteiger partial charge on any atom is -0.296 e. The minimum absolute atomic E-state index is 0.840. The highest BCUT2D eigenvalue weighted by Crippen LogP contribution is 2.09. The fraction of sp³-hybridized carbons (Fsp3) is 0.667. The largest absolute Gasteiger partial charge is 0.296 e. The second kappa shape index (κ2) is 2.28. The van der Waals surface area contributed by atoms with Crippen molar-refractivity contribution in [2.45, 2.75) is 19.5 Å². The molecule has 0 unspecified atom stereocenters. The lowest BCUT2D eigenvalue weighted by Crippen LogP contribution is -2.00. The molecular weight excluding hydrogens is 178 g/mol. The van der Waals surface area contributed by atoms with Gasteiger partial charge in [0.05, 0.1) is 0 Å². The van der Waals surface area contributed by atoms with Gasteiger partial charge in [-0.1, -0.05) is 0 Å². The van der Waals surface area contributed by atoms with Crippen molar-refractivity contribution < 1.29 is 0 Å². The molecule has 0 atom stereocenters. The Labute approximate surface area is 74.8 Å². The second-order valence-electron chi connectivity index (χ2n) is 2.72. The zero-order valence-corrected chi connectivity index (χ0v) is 7.91. The van der Waals surface area contributed by atoms with Crippen LogP contribution in [0, 0.1) is 9.54 Å². The zero-order chi connectivity index (χ0) is 8.01. The van der Waals surface area contributed by atoms with Gasteiger partial charge in [-0.15, -0.1) is 0 Å². The van der Waals surface area contributed by atoms with Crippen molar-refractivity contribution in [3.05, 3.63) is 9.54 Å². The van der Waals surface area contributed by atoms with Gasteiger partial charge in [-0.2, -0.15) is 0 Å². The molecule has 0 saturated heterocycles. The third-order valence-electron chi connectivity index (χ3n) is 2.05. The van der Waals surface area contributed by atoms with E-state index in [2.05, 4.69) is 9.36 Å². The summed E-state index contributed by atoms with van der Waals surface area (Å²) in [6.45, 7) is 2.03. The van der Waals surface area contributed by atoms with Crippen molar-refractivity contribution >= 4 is 24.4 Å². The SMILES string of the molecule is Cn1c(=S)n2n(c1=S)CCC2. The molecule has 0 bridgehead atoms. The van der Waals surface area contributed by atoms with E-state index in [-0.39, 0.29) is 0 Å². The Morgan fingerprint density at radius 1 is 1.09 bits per heavy atom. The molecule has 1 aromatic rings. The Balaban J connectivity index is 2.89. The molecule has 60 valence electrons. The first-order chi connectivity index (χ1) is 5.22. The summed E-state index contributed by atoms with van der Waals surface area (Å²) in [4.78, 5) is 0. The molecule has 0 fully saturated rings. The predicted octanol–water partition coefficient (Wildman–Crippen LogP) is 1.49. The van der Waals surface area contributed by atoms with Crippen molar-refractivity contribution in [2.24, 2.45) is 7.05 Å². The molecule has 0 aromatic carbocycles. The number of fused-ring (bicyclic) bond motifs is 1. The van der Waals surface area contributed by atoms with Crippen LogP contribution in [0.3, 0.4) is 0 Å². The number of hydrogen-bond acceptors (Lipinski definition) is 2. The molecular formula is C6H9N3S2. The molecule has 0 amide bonds. The molecule has 0 saturated carbocycles. The van der Waals surface area contributed by atoms with Crippen LogP contribution in [0.5, 0.6) is 0 Å². The van der Waals surface area contributed by atoms with Gasteiger partial charge < -0.3 is 0 Å². The molecule has 1 aromatic heterocycles. The van der Waals surface area contributed by atoms with E-state index < -0.39 is 0 Å². The molecule has 2 heterocycles. The zero-order valence-electron chi connectivity index (χ0n) is 6.28. The summed E-state index contributed by atoms with van der Waals surface area (Å²) in [5.74, 6) is 0. The van der Waals surface area contributed by atoms with E-state index in [4.69, 9.17) is 24.4 Å². The van der Waals surface area contributed by atoms with Gasteiger partial charge >= 0.3 is 0 Å². The van der Waals surface area contributed by atoms with E-state index in [1.165, 1.54) is 0 Å². The van der Waals surface area contributed by atoms with Gasteiger partial charge in [0.25, 0.3) is 0 Å². The number of aromatic nitrogens is 3. The number of hydrogen-bond donors (Lipinski definition) is 0. The maximum Gasteiger partial charge on any atom is 0.196 e. The van der Waals surface area contributed by atoms with E-state index in [9.17, 15) is 0 Å². The highest BCUT2D eigenvalue weighted by molar-refractivity contribution is 7.72. The van der Waals surface area contributed by atoms with Crippen LogP contribution in [-0.4, -0.2) is 13.9 Å². The van der Waals surface area contributed by atoms with Gasteiger partial charge in [0, 0.05) is 20.1 Å². The third kappa shape index (κ3) is 0.841. The fourth-order valence-electron chi connectivity index (χ4n) is 1.44. The normalized spacial score (nSPS) is 15.4. The average molecular weight is 187 g/mol. The number of nitrogens with zero attached hydrogens (tertiary/aromatic N) is 3. The van der Waals surface area contributed by atoms with Gasteiger partial charge in [0.2, 0.25) is 0 Å². The summed E-state index contributed by atoms with van der Waals surface area (Å²) in [6.07, 6.45) is 1.16. The monoisotopic (exact) mass is 187 g/mol. The maximum atomic E-state index is 5.18. The first-order valence-corrected chi connectivity index (χ1v) is 4.40. The molecule has 1 aliphatic heterocycles. The van der Waals surface area contributed by atoms with Crippen molar-refractivity contribution in [3.8, 4) is 0 Å². The van der Waals surface area contributed by atoms with Crippen molar-refractivity contribution in [1.29, 1.82) is 0 Å². The Kier molecular flexibility index (Phi) is 1.50. The van der Waals surface area contributed by atoms with Crippen LogP contribution in [-0.2, 0) is 20.1 Å². The summed E-state index contributed by atoms with van der Waals surface area (Å²) < 4.78 is 7.69. The van der Waals surface area contributed by atoms with Crippen LogP contribution in [0.4, 0.5) is 0 Å². The van der Waals surface area contributed by atoms with Gasteiger partial charge in [-0.25, -0.2) is 0 Å². The van der Waals surface area contributed by atoms with Crippen molar-refractivity contribution in [2.75, 3.05) is 0 Å². The maximum absolute atomic E-state index is 5.18. The highest BCUT2D eigenvalue weighted by atomic mass is 32.1. The molecule has 2 rings (SSSR count). The van der Waals surface area contributed by atoms with E-state index in [0.717, 1.165) is 29.1 Å². The molecule has 0 radical (unpaired) electrons. The Morgan fingerprint density at radius 3 is 2.00 bits per heavy atom. The highest BCUT2D eigenvalue weighted by Gasteiger charge is 2.12. The minimum atomic E-state index is 0.840. The topological polar surface area (TPSA) is 14.8 Å². The molecule has 0 aliphatic carbocycles. The first-order valence-electron chi connectivity index (χ1n) is 3.58. The summed E-state index contributed by atoms with van der Waals surface area (Å²) in [5.41, 5.74) is 0. The first kappa shape index (κ1) is 7.24. The van der Waals surface area contributed by atoms with E-state index in [0.29, 0.717) is 0 Å². The van der Waals surface area contributed by atoms with Gasteiger partial charge in [-0.3, -0.25) is 13.9 Å². The Hall–Kier alpha value is -0.420. The van der Waals surface area contributed by atoms with E-state index in [1.807, 2.05) is 11.6 Å². The summed E-state index contributed by atoms with van der Waals surface area (Å²) in [7, 11) is 1.92. The molecule has 3 nitrogen and oxygen atoms in total. The van der Waals surface area contributed by atoms with Crippen LogP contribution in [0.1, 0.15) is 6.42 Å². The molecule has 11 heavy (non-hydrogen) atoms. The van der Waals surface area contributed by atoms with E-state index >= 15 is 0 Å². The molecule has 0 N–H and O–H groups in total.